The lowest BCUT2D eigenvalue weighted by molar-refractivity contribution is 0.461. The summed E-state index contributed by atoms with van der Waals surface area (Å²) in [6, 6.07) is 0. The van der Waals surface area contributed by atoms with Crippen LogP contribution in [0.2, 0.25) is 0 Å². The van der Waals surface area contributed by atoms with E-state index >= 15 is 0 Å². The average Bonchev–Trinajstić information content (AvgIpc) is 1.78. The Hall–Kier alpha value is -0.160. The van der Waals surface area contributed by atoms with Gasteiger partial charge < -0.3 is 0 Å². The molecule has 0 atom stereocenters. The van der Waals surface area contributed by atoms with Crippen LogP contribution in [0.1, 0.15) is 12.8 Å². The van der Waals surface area contributed by atoms with Gasteiger partial charge in [-0.05, 0) is 12.8 Å². The van der Waals surface area contributed by atoms with Crippen molar-refractivity contribution in [2.75, 3.05) is 19.5 Å². The fraction of sp³-hybridized carbons (Fsp3) is 1.00. The summed E-state index contributed by atoms with van der Waals surface area (Å²) in [4.78, 5) is 0. The van der Waals surface area contributed by atoms with Gasteiger partial charge in [-0.25, -0.2) is 13.1 Å². The van der Waals surface area contributed by atoms with E-state index in [1.807, 2.05) is 0 Å². The Morgan fingerprint density at radius 3 is 2.40 bits per heavy atom. The molecule has 0 aromatic heterocycles. The largest absolute Gasteiger partial charge is 0.251 e. The molecule has 0 aliphatic heterocycles. The molecular formula is C5H12FNO2S. The van der Waals surface area contributed by atoms with E-state index in [0.717, 1.165) is 6.26 Å². The topological polar surface area (TPSA) is 46.2 Å². The number of unbranched alkanes of at least 4 members (excludes halogenated alkanes) is 1. The van der Waals surface area contributed by atoms with Crippen molar-refractivity contribution in [3.63, 3.8) is 0 Å². The molecule has 0 radical (unpaired) electrons. The Labute approximate surface area is 60.7 Å². The second-order valence-corrected chi connectivity index (χ2v) is 3.90. The van der Waals surface area contributed by atoms with Crippen LogP contribution < -0.4 is 4.72 Å². The van der Waals surface area contributed by atoms with Crippen molar-refractivity contribution >= 4 is 10.0 Å². The van der Waals surface area contributed by atoms with Gasteiger partial charge in [-0.2, -0.15) is 0 Å². The van der Waals surface area contributed by atoms with Crippen LogP contribution in [-0.4, -0.2) is 27.9 Å². The molecule has 0 amide bonds. The third-order valence-corrected chi connectivity index (χ3v) is 1.65. The Bertz CT molecular complexity index is 166. The van der Waals surface area contributed by atoms with Gasteiger partial charge in [0.2, 0.25) is 10.0 Å². The first kappa shape index (κ1) is 9.84. The van der Waals surface area contributed by atoms with Crippen molar-refractivity contribution in [1.82, 2.24) is 4.72 Å². The lowest BCUT2D eigenvalue weighted by Gasteiger charge is -1.98. The highest BCUT2D eigenvalue weighted by Crippen LogP contribution is 1.87. The van der Waals surface area contributed by atoms with E-state index in [0.29, 0.717) is 19.4 Å². The molecule has 0 heterocycles. The standard InChI is InChI=1S/C5H12FNO2S/c1-10(8,9)7-5-3-2-4-6/h7H,2-5H2,1H3. The Kier molecular flexibility index (Phi) is 4.55. The average molecular weight is 169 g/mol. The monoisotopic (exact) mass is 169 g/mol. The fourth-order valence-electron chi connectivity index (χ4n) is 0.477. The van der Waals surface area contributed by atoms with Crippen LogP contribution in [0, 0.1) is 0 Å². The molecule has 3 nitrogen and oxygen atoms in total. The van der Waals surface area contributed by atoms with Crippen molar-refractivity contribution in [2.45, 2.75) is 12.8 Å². The third kappa shape index (κ3) is 7.84. The number of hydrogen-bond acceptors (Lipinski definition) is 2. The molecule has 0 aromatic carbocycles. The Morgan fingerprint density at radius 1 is 1.40 bits per heavy atom. The first-order chi connectivity index (χ1) is 4.56. The van der Waals surface area contributed by atoms with Crippen molar-refractivity contribution in [2.24, 2.45) is 0 Å². The molecule has 0 aliphatic carbocycles. The zero-order valence-corrected chi connectivity index (χ0v) is 6.75. The summed E-state index contributed by atoms with van der Waals surface area (Å²) >= 11 is 0. The van der Waals surface area contributed by atoms with Gasteiger partial charge in [-0.15, -0.1) is 0 Å². The Balaban J connectivity index is 3.21. The smallest absolute Gasteiger partial charge is 0.208 e. The van der Waals surface area contributed by atoms with Gasteiger partial charge in [0.25, 0.3) is 0 Å². The molecule has 5 heteroatoms. The summed E-state index contributed by atoms with van der Waals surface area (Å²) in [6.07, 6.45) is 2.06. The molecule has 62 valence electrons. The SMILES string of the molecule is CS(=O)(=O)NCCCCF. The minimum atomic E-state index is -3.08. The van der Waals surface area contributed by atoms with E-state index in [-0.39, 0.29) is 6.67 Å². The first-order valence-corrected chi connectivity index (χ1v) is 4.96. The second-order valence-electron chi connectivity index (χ2n) is 2.06. The predicted molar refractivity (Wildman–Crippen MR) is 38.1 cm³/mol. The minimum absolute atomic E-state index is 0.336. The minimum Gasteiger partial charge on any atom is -0.251 e. The third-order valence-electron chi connectivity index (χ3n) is 0.925. The van der Waals surface area contributed by atoms with Crippen LogP contribution in [-0.2, 0) is 10.0 Å². The maximum Gasteiger partial charge on any atom is 0.208 e. The van der Waals surface area contributed by atoms with E-state index in [9.17, 15) is 12.8 Å². The van der Waals surface area contributed by atoms with Crippen LogP contribution in [0.3, 0.4) is 0 Å². The zero-order chi connectivity index (χ0) is 8.04. The quantitative estimate of drug-likeness (QED) is 0.601. The highest BCUT2D eigenvalue weighted by molar-refractivity contribution is 7.88. The van der Waals surface area contributed by atoms with Crippen LogP contribution in [0.5, 0.6) is 0 Å². The summed E-state index contributed by atoms with van der Waals surface area (Å²) in [5, 5.41) is 0. The van der Waals surface area contributed by atoms with Gasteiger partial charge in [0.05, 0.1) is 12.9 Å². The number of sulfonamides is 1. The first-order valence-electron chi connectivity index (χ1n) is 3.07. The number of alkyl halides is 1. The molecule has 0 rings (SSSR count). The van der Waals surface area contributed by atoms with E-state index in [1.165, 1.54) is 0 Å². The predicted octanol–water partition coefficient (Wildman–Crippen LogP) is 0.285. The fourth-order valence-corrected chi connectivity index (χ4v) is 0.992. The summed E-state index contributed by atoms with van der Waals surface area (Å²) in [5.74, 6) is 0. The van der Waals surface area contributed by atoms with E-state index in [2.05, 4.69) is 4.72 Å². The lowest BCUT2D eigenvalue weighted by atomic mass is 10.3. The molecule has 0 bridgehead atoms. The highest BCUT2D eigenvalue weighted by atomic mass is 32.2. The molecule has 10 heavy (non-hydrogen) atoms. The summed E-state index contributed by atoms with van der Waals surface area (Å²) in [5.41, 5.74) is 0. The van der Waals surface area contributed by atoms with Gasteiger partial charge in [-0.1, -0.05) is 0 Å². The lowest BCUT2D eigenvalue weighted by Crippen LogP contribution is -2.22. The molecule has 0 saturated carbocycles. The van der Waals surface area contributed by atoms with Gasteiger partial charge in [0.15, 0.2) is 0 Å². The normalized spacial score (nSPS) is 11.8. The van der Waals surface area contributed by atoms with Gasteiger partial charge in [0.1, 0.15) is 0 Å². The van der Waals surface area contributed by atoms with Crippen LogP contribution in [0.15, 0.2) is 0 Å². The number of halogens is 1. The molecule has 0 fully saturated rings. The second kappa shape index (κ2) is 4.62. The molecule has 0 aromatic rings. The molecule has 0 unspecified atom stereocenters. The van der Waals surface area contributed by atoms with Crippen molar-refractivity contribution < 1.29 is 12.8 Å². The summed E-state index contributed by atoms with van der Waals surface area (Å²) in [7, 11) is -3.08. The molecular weight excluding hydrogens is 157 g/mol. The summed E-state index contributed by atoms with van der Waals surface area (Å²) in [6.45, 7) is -0.0474. The molecule has 1 N–H and O–H groups in total. The van der Waals surface area contributed by atoms with Gasteiger partial charge in [0, 0.05) is 6.54 Å². The van der Waals surface area contributed by atoms with Crippen molar-refractivity contribution in [1.29, 1.82) is 0 Å². The maximum atomic E-state index is 11.4. The molecule has 0 saturated heterocycles. The molecule has 0 spiro atoms. The number of rotatable bonds is 5. The van der Waals surface area contributed by atoms with E-state index in [4.69, 9.17) is 0 Å². The van der Waals surface area contributed by atoms with Crippen molar-refractivity contribution in [3.8, 4) is 0 Å². The van der Waals surface area contributed by atoms with E-state index in [1.54, 1.807) is 0 Å². The Morgan fingerprint density at radius 2 is 2.00 bits per heavy atom. The highest BCUT2D eigenvalue weighted by Gasteiger charge is 1.97. The van der Waals surface area contributed by atoms with Crippen LogP contribution in [0.4, 0.5) is 4.39 Å². The van der Waals surface area contributed by atoms with Gasteiger partial charge >= 0.3 is 0 Å². The molecule has 0 aliphatic rings. The summed E-state index contributed by atoms with van der Waals surface area (Å²) < 4.78 is 34.5. The van der Waals surface area contributed by atoms with Crippen LogP contribution in [0.25, 0.3) is 0 Å². The number of hydrogen-bond donors (Lipinski definition) is 1. The van der Waals surface area contributed by atoms with Crippen LogP contribution >= 0.6 is 0 Å². The number of nitrogens with one attached hydrogen (secondary N) is 1. The van der Waals surface area contributed by atoms with Gasteiger partial charge in [-0.3, -0.25) is 4.39 Å². The maximum absolute atomic E-state index is 11.4. The van der Waals surface area contributed by atoms with Crippen molar-refractivity contribution in [3.05, 3.63) is 0 Å². The van der Waals surface area contributed by atoms with E-state index < -0.39 is 10.0 Å². The zero-order valence-electron chi connectivity index (χ0n) is 5.93.